The largest absolute Gasteiger partial charge is 0.409 e. The summed E-state index contributed by atoms with van der Waals surface area (Å²) in [7, 11) is 0. The Labute approximate surface area is 125 Å². The normalized spacial score (nSPS) is 14.6. The maximum atomic E-state index is 8.82. The van der Waals surface area contributed by atoms with E-state index in [9.17, 15) is 0 Å². The number of rotatable bonds is 6. The number of nitrogens with one attached hydrogen (secondary N) is 1. The van der Waals surface area contributed by atoms with Crippen molar-refractivity contribution in [2.45, 2.75) is 25.4 Å². The van der Waals surface area contributed by atoms with Crippen LogP contribution in [0, 0.1) is 0 Å². The molecular weight excluding hydrogens is 262 g/mol. The van der Waals surface area contributed by atoms with E-state index in [4.69, 9.17) is 10.9 Å². The van der Waals surface area contributed by atoms with Crippen LogP contribution < -0.4 is 11.1 Å². The van der Waals surface area contributed by atoms with E-state index >= 15 is 0 Å². The van der Waals surface area contributed by atoms with Crippen molar-refractivity contribution < 1.29 is 5.21 Å². The van der Waals surface area contributed by atoms with Gasteiger partial charge in [-0.3, -0.25) is 0 Å². The second kappa shape index (κ2) is 7.45. The van der Waals surface area contributed by atoms with Crippen LogP contribution in [0.2, 0.25) is 0 Å². The predicted octanol–water partition coefficient (Wildman–Crippen LogP) is 3.22. The van der Waals surface area contributed by atoms with Crippen LogP contribution in [0.5, 0.6) is 0 Å². The zero-order chi connectivity index (χ0) is 15.1. The molecule has 0 saturated heterocycles. The van der Waals surface area contributed by atoms with Gasteiger partial charge in [-0.15, -0.1) is 0 Å². The summed E-state index contributed by atoms with van der Waals surface area (Å²) in [4.78, 5) is 0. The highest BCUT2D eigenvalue weighted by atomic mass is 16.4. The number of benzene rings is 2. The molecule has 0 spiro atoms. The number of nitrogens with two attached hydrogens (primary N) is 1. The number of oxime groups is 1. The Hall–Kier alpha value is -2.33. The Morgan fingerprint density at radius 3 is 2.10 bits per heavy atom. The first-order valence-electron chi connectivity index (χ1n) is 7.03. The number of nitrogens with zero attached hydrogens (tertiary/aromatic N) is 1. The molecule has 21 heavy (non-hydrogen) atoms. The van der Waals surface area contributed by atoms with Crippen molar-refractivity contribution in [3.63, 3.8) is 0 Å². The third-order valence-corrected chi connectivity index (χ3v) is 3.49. The van der Waals surface area contributed by atoms with Crippen molar-refractivity contribution in [3.05, 3.63) is 71.8 Å². The van der Waals surface area contributed by atoms with Crippen molar-refractivity contribution in [2.75, 3.05) is 0 Å². The highest BCUT2D eigenvalue weighted by Gasteiger charge is 2.16. The van der Waals surface area contributed by atoms with Gasteiger partial charge in [-0.05, 0) is 18.1 Å². The first-order valence-corrected chi connectivity index (χ1v) is 7.03. The van der Waals surface area contributed by atoms with Crippen LogP contribution in [0.15, 0.2) is 65.8 Å². The van der Waals surface area contributed by atoms with Crippen LogP contribution >= 0.6 is 0 Å². The lowest BCUT2D eigenvalue weighted by molar-refractivity contribution is 0.315. The van der Waals surface area contributed by atoms with Crippen molar-refractivity contribution in [1.29, 1.82) is 0 Å². The minimum atomic E-state index is -0.00249. The second-order valence-electron chi connectivity index (χ2n) is 5.06. The maximum absolute atomic E-state index is 8.82. The van der Waals surface area contributed by atoms with Crippen LogP contribution in [0.25, 0.3) is 0 Å². The van der Waals surface area contributed by atoms with E-state index in [1.807, 2.05) is 48.5 Å². The molecule has 2 rings (SSSR count). The Morgan fingerprint density at radius 2 is 1.57 bits per heavy atom. The summed E-state index contributed by atoms with van der Waals surface area (Å²) in [6.07, 6.45) is 0.456. The smallest absolute Gasteiger partial charge is 0.141 e. The summed E-state index contributed by atoms with van der Waals surface area (Å²) in [5.41, 5.74) is 8.01. The minimum Gasteiger partial charge on any atom is -0.409 e. The molecule has 0 radical (unpaired) electrons. The lowest BCUT2D eigenvalue weighted by Crippen LogP contribution is -2.29. The van der Waals surface area contributed by atoms with Gasteiger partial charge in [0, 0.05) is 18.5 Å². The lowest BCUT2D eigenvalue weighted by atomic mass is 10.0. The van der Waals surface area contributed by atoms with E-state index in [2.05, 4.69) is 29.5 Å². The summed E-state index contributed by atoms with van der Waals surface area (Å²) in [6.45, 7) is 2.11. The van der Waals surface area contributed by atoms with Gasteiger partial charge in [0.25, 0.3) is 0 Å². The Balaban J connectivity index is 2.16. The first-order chi connectivity index (χ1) is 10.2. The Bertz CT molecular complexity index is 569. The van der Waals surface area contributed by atoms with E-state index in [0.717, 1.165) is 5.56 Å². The summed E-state index contributed by atoms with van der Waals surface area (Å²) < 4.78 is 0. The lowest BCUT2D eigenvalue weighted by Gasteiger charge is -2.24. The van der Waals surface area contributed by atoms with Crippen LogP contribution in [0.4, 0.5) is 0 Å². The highest BCUT2D eigenvalue weighted by Crippen LogP contribution is 2.22. The van der Waals surface area contributed by atoms with Gasteiger partial charge in [0.05, 0.1) is 0 Å². The van der Waals surface area contributed by atoms with Crippen molar-refractivity contribution in [3.8, 4) is 0 Å². The highest BCUT2D eigenvalue weighted by molar-refractivity contribution is 5.80. The zero-order valence-electron chi connectivity index (χ0n) is 12.1. The quantitative estimate of drug-likeness (QED) is 0.330. The molecule has 0 saturated carbocycles. The molecule has 0 aliphatic carbocycles. The molecule has 4 nitrogen and oxygen atoms in total. The van der Waals surface area contributed by atoms with E-state index < -0.39 is 0 Å². The topological polar surface area (TPSA) is 70.6 Å². The molecule has 0 fully saturated rings. The molecule has 2 aromatic carbocycles. The predicted molar refractivity (Wildman–Crippen MR) is 85.2 cm³/mol. The van der Waals surface area contributed by atoms with Crippen LogP contribution in [-0.2, 0) is 0 Å². The van der Waals surface area contributed by atoms with E-state index in [-0.39, 0.29) is 17.9 Å². The standard InChI is InChI=1S/C17H21N3O/c1-13(14-8-4-2-5-9-14)19-16(12-17(18)20-21)15-10-6-3-7-11-15/h2-11,13,16,19,21H,12H2,1H3,(H2,18,20)/t13-,16?/m1/s1. The van der Waals surface area contributed by atoms with Crippen molar-refractivity contribution in [1.82, 2.24) is 5.32 Å². The van der Waals surface area contributed by atoms with Gasteiger partial charge < -0.3 is 16.3 Å². The fourth-order valence-corrected chi connectivity index (χ4v) is 2.35. The molecular formula is C17H21N3O. The maximum Gasteiger partial charge on any atom is 0.141 e. The van der Waals surface area contributed by atoms with Gasteiger partial charge in [0.15, 0.2) is 0 Å². The molecule has 0 bridgehead atoms. The number of amidine groups is 1. The minimum absolute atomic E-state index is 0.00249. The van der Waals surface area contributed by atoms with Crippen LogP contribution in [-0.4, -0.2) is 11.0 Å². The van der Waals surface area contributed by atoms with Crippen LogP contribution in [0.3, 0.4) is 0 Å². The Kier molecular flexibility index (Phi) is 5.35. The van der Waals surface area contributed by atoms with Crippen molar-refractivity contribution in [2.24, 2.45) is 10.9 Å². The van der Waals surface area contributed by atoms with Gasteiger partial charge in [-0.25, -0.2) is 0 Å². The van der Waals surface area contributed by atoms with Crippen LogP contribution in [0.1, 0.15) is 36.6 Å². The summed E-state index contributed by atoms with van der Waals surface area (Å²) in [5.74, 6) is 0.219. The van der Waals surface area contributed by atoms with Gasteiger partial charge in [-0.1, -0.05) is 65.8 Å². The molecule has 1 unspecified atom stereocenters. The molecule has 4 N–H and O–H groups in total. The number of hydrogen-bond donors (Lipinski definition) is 3. The van der Waals surface area contributed by atoms with Gasteiger partial charge >= 0.3 is 0 Å². The summed E-state index contributed by atoms with van der Waals surface area (Å²) in [6, 6.07) is 20.4. The van der Waals surface area contributed by atoms with Gasteiger partial charge in [-0.2, -0.15) is 0 Å². The summed E-state index contributed by atoms with van der Waals surface area (Å²) in [5, 5.41) is 15.4. The molecule has 0 aliphatic heterocycles. The fourth-order valence-electron chi connectivity index (χ4n) is 2.35. The van der Waals surface area contributed by atoms with Gasteiger partial charge in [0.2, 0.25) is 0 Å². The average molecular weight is 283 g/mol. The average Bonchev–Trinajstić information content (AvgIpc) is 2.55. The molecule has 4 heteroatoms. The van der Waals surface area contributed by atoms with E-state index in [1.165, 1.54) is 5.56 Å². The van der Waals surface area contributed by atoms with Gasteiger partial charge in [0.1, 0.15) is 5.84 Å². The SMILES string of the molecule is C[C@@H](NC(CC(N)=NO)c1ccccc1)c1ccccc1. The molecule has 0 aliphatic rings. The molecule has 2 aromatic rings. The molecule has 0 aromatic heterocycles. The number of hydrogen-bond acceptors (Lipinski definition) is 3. The monoisotopic (exact) mass is 283 g/mol. The van der Waals surface area contributed by atoms with E-state index in [1.54, 1.807) is 0 Å². The summed E-state index contributed by atoms with van der Waals surface area (Å²) >= 11 is 0. The third-order valence-electron chi connectivity index (χ3n) is 3.49. The molecule has 0 heterocycles. The first kappa shape index (κ1) is 15.1. The van der Waals surface area contributed by atoms with E-state index in [0.29, 0.717) is 6.42 Å². The molecule has 2 atom stereocenters. The molecule has 110 valence electrons. The van der Waals surface area contributed by atoms with Crippen molar-refractivity contribution >= 4 is 5.84 Å². The third kappa shape index (κ3) is 4.33. The molecule has 0 amide bonds. The second-order valence-corrected chi connectivity index (χ2v) is 5.06. The zero-order valence-corrected chi connectivity index (χ0v) is 12.1. The fraction of sp³-hybridized carbons (Fsp3) is 0.235. The Morgan fingerprint density at radius 1 is 1.05 bits per heavy atom.